The summed E-state index contributed by atoms with van der Waals surface area (Å²) >= 11 is 0. The largest absolute Gasteiger partial charge is 0.239 e. The van der Waals surface area contributed by atoms with Gasteiger partial charge in [0.15, 0.2) is 0 Å². The van der Waals surface area contributed by atoms with Crippen molar-refractivity contribution >= 4 is 0 Å². The number of nitrogens with zero attached hydrogens (tertiary/aromatic N) is 1. The van der Waals surface area contributed by atoms with Gasteiger partial charge < -0.3 is 0 Å². The minimum atomic E-state index is 0.523. The normalized spacial score (nSPS) is 10.0. The lowest BCUT2D eigenvalue weighted by Gasteiger charge is -1.97. The molecule has 0 N–H and O–H groups in total. The van der Waals surface area contributed by atoms with Gasteiger partial charge in [-0.15, -0.1) is 0 Å². The highest BCUT2D eigenvalue weighted by atomic mass is 14.9. The average Bonchev–Trinajstić information content (AvgIpc) is 1.35. The zero-order valence-corrected chi connectivity index (χ0v) is 4.73. The summed E-state index contributed by atoms with van der Waals surface area (Å²) in [5.41, 5.74) is 0. The molecule has 0 aromatic carbocycles. The molecule has 0 saturated heterocycles. The first-order valence-electron chi connectivity index (χ1n) is 2.44. The molecule has 0 fully saturated rings. The van der Waals surface area contributed by atoms with Gasteiger partial charge in [-0.05, 0) is 13.8 Å². The van der Waals surface area contributed by atoms with Crippen molar-refractivity contribution in [3.63, 3.8) is 0 Å². The van der Waals surface area contributed by atoms with Gasteiger partial charge in [0.1, 0.15) is 0 Å². The van der Waals surface area contributed by atoms with Gasteiger partial charge in [0.25, 0.3) is 0 Å². The van der Waals surface area contributed by atoms with Crippen LogP contribution in [0.3, 0.4) is 0 Å². The van der Waals surface area contributed by atoms with Crippen LogP contribution in [-0.4, -0.2) is 12.6 Å². The van der Waals surface area contributed by atoms with Crippen LogP contribution in [0.2, 0.25) is 0 Å². The number of hydrogen-bond donors (Lipinski definition) is 0. The Morgan fingerprint density at radius 3 is 2.00 bits per heavy atom. The average molecular weight is 86.2 g/mol. The molecule has 0 aromatic heterocycles. The fourth-order valence-corrected chi connectivity index (χ4v) is 0.365. The molecule has 0 aliphatic carbocycles. The number of rotatable bonds is 2. The van der Waals surface area contributed by atoms with Gasteiger partial charge in [0.05, 0.1) is 0 Å². The van der Waals surface area contributed by atoms with Gasteiger partial charge in [0.2, 0.25) is 0 Å². The van der Waals surface area contributed by atoms with Crippen LogP contribution >= 0.6 is 0 Å². The zero-order chi connectivity index (χ0) is 4.99. The van der Waals surface area contributed by atoms with Crippen LogP contribution in [0.4, 0.5) is 0 Å². The van der Waals surface area contributed by atoms with Gasteiger partial charge in [-0.1, -0.05) is 6.92 Å². The van der Waals surface area contributed by atoms with E-state index in [2.05, 4.69) is 26.1 Å². The Morgan fingerprint density at radius 1 is 1.50 bits per heavy atom. The van der Waals surface area contributed by atoms with Gasteiger partial charge >= 0.3 is 0 Å². The highest BCUT2D eigenvalue weighted by Crippen LogP contribution is 1.74. The molecule has 0 aromatic rings. The van der Waals surface area contributed by atoms with Crippen LogP contribution < -0.4 is 5.32 Å². The van der Waals surface area contributed by atoms with Gasteiger partial charge in [0, 0.05) is 12.6 Å². The van der Waals surface area contributed by atoms with Crippen LogP contribution in [0.15, 0.2) is 0 Å². The zero-order valence-electron chi connectivity index (χ0n) is 4.73. The summed E-state index contributed by atoms with van der Waals surface area (Å²) in [6.07, 6.45) is 0. The molecule has 1 heteroatoms. The van der Waals surface area contributed by atoms with E-state index < -0.39 is 0 Å². The Bertz CT molecular complexity index is 25.1. The summed E-state index contributed by atoms with van der Waals surface area (Å²) in [5, 5.41) is 4.12. The fraction of sp³-hybridized carbons (Fsp3) is 1.00. The van der Waals surface area contributed by atoms with E-state index in [9.17, 15) is 0 Å². The van der Waals surface area contributed by atoms with Crippen molar-refractivity contribution < 1.29 is 0 Å². The lowest BCUT2D eigenvalue weighted by atomic mass is 10.4. The van der Waals surface area contributed by atoms with Crippen molar-refractivity contribution in [2.24, 2.45) is 0 Å². The maximum Gasteiger partial charge on any atom is 0.0189 e. The minimum absolute atomic E-state index is 0.523. The van der Waals surface area contributed by atoms with Gasteiger partial charge in [-0.25, -0.2) is 5.32 Å². The predicted octanol–water partition coefficient (Wildman–Crippen LogP) is 1.02. The Labute approximate surface area is 39.7 Å². The maximum absolute atomic E-state index is 4.12. The summed E-state index contributed by atoms with van der Waals surface area (Å²) in [7, 11) is 0. The van der Waals surface area contributed by atoms with Crippen LogP contribution in [-0.2, 0) is 0 Å². The molecule has 37 valence electrons. The van der Waals surface area contributed by atoms with Crippen molar-refractivity contribution in [3.8, 4) is 0 Å². The van der Waals surface area contributed by atoms with Crippen molar-refractivity contribution in [3.05, 3.63) is 0 Å². The maximum atomic E-state index is 4.12. The SMILES string of the molecule is CC[N]C(C)C. The first kappa shape index (κ1) is 5.96. The monoisotopic (exact) mass is 86.1 g/mol. The molecule has 0 spiro atoms. The van der Waals surface area contributed by atoms with Crippen LogP contribution in [0.5, 0.6) is 0 Å². The van der Waals surface area contributed by atoms with Gasteiger partial charge in [-0.2, -0.15) is 0 Å². The molecule has 0 amide bonds. The third-order valence-electron chi connectivity index (χ3n) is 0.548. The van der Waals surface area contributed by atoms with Crippen molar-refractivity contribution in [2.75, 3.05) is 6.54 Å². The molecule has 0 aliphatic rings. The Morgan fingerprint density at radius 2 is 2.00 bits per heavy atom. The first-order valence-corrected chi connectivity index (χ1v) is 2.44. The summed E-state index contributed by atoms with van der Waals surface area (Å²) < 4.78 is 0. The van der Waals surface area contributed by atoms with Crippen LogP contribution in [0.1, 0.15) is 20.8 Å². The first-order chi connectivity index (χ1) is 2.77. The van der Waals surface area contributed by atoms with Crippen molar-refractivity contribution in [1.82, 2.24) is 5.32 Å². The van der Waals surface area contributed by atoms with Crippen LogP contribution in [0, 0.1) is 0 Å². The topological polar surface area (TPSA) is 14.1 Å². The highest BCUT2D eigenvalue weighted by Gasteiger charge is 1.84. The predicted molar refractivity (Wildman–Crippen MR) is 27.8 cm³/mol. The second kappa shape index (κ2) is 3.16. The van der Waals surface area contributed by atoms with Crippen molar-refractivity contribution in [1.29, 1.82) is 0 Å². The fourth-order valence-electron chi connectivity index (χ4n) is 0.365. The second-order valence-corrected chi connectivity index (χ2v) is 1.59. The lowest BCUT2D eigenvalue weighted by Crippen LogP contribution is -2.12. The summed E-state index contributed by atoms with van der Waals surface area (Å²) in [5.74, 6) is 0. The van der Waals surface area contributed by atoms with E-state index in [1.54, 1.807) is 0 Å². The lowest BCUT2D eigenvalue weighted by molar-refractivity contribution is 0.599. The molecule has 1 nitrogen and oxygen atoms in total. The van der Waals surface area contributed by atoms with E-state index in [1.165, 1.54) is 0 Å². The third-order valence-corrected chi connectivity index (χ3v) is 0.548. The Balaban J connectivity index is 2.63. The van der Waals surface area contributed by atoms with E-state index in [0.29, 0.717) is 6.04 Å². The third kappa shape index (κ3) is 3.96. The quantitative estimate of drug-likeness (QED) is 0.476. The second-order valence-electron chi connectivity index (χ2n) is 1.59. The molecular formula is C5H12N. The van der Waals surface area contributed by atoms with E-state index in [0.717, 1.165) is 6.54 Å². The molecule has 0 rings (SSSR count). The molecule has 0 saturated carbocycles. The van der Waals surface area contributed by atoms with E-state index in [-0.39, 0.29) is 0 Å². The number of hydrogen-bond acceptors (Lipinski definition) is 0. The molecule has 0 bridgehead atoms. The Hall–Kier alpha value is -0.0400. The standard InChI is InChI=1S/C5H12N/c1-4-6-5(2)3/h5H,4H2,1-3H3. The summed E-state index contributed by atoms with van der Waals surface area (Å²) in [6, 6.07) is 0.523. The van der Waals surface area contributed by atoms with E-state index >= 15 is 0 Å². The molecule has 6 heavy (non-hydrogen) atoms. The van der Waals surface area contributed by atoms with Crippen LogP contribution in [0.25, 0.3) is 0 Å². The van der Waals surface area contributed by atoms with Crippen molar-refractivity contribution in [2.45, 2.75) is 26.8 Å². The summed E-state index contributed by atoms with van der Waals surface area (Å²) in [4.78, 5) is 0. The highest BCUT2D eigenvalue weighted by molar-refractivity contribution is 4.45. The van der Waals surface area contributed by atoms with E-state index in [4.69, 9.17) is 0 Å². The van der Waals surface area contributed by atoms with Gasteiger partial charge in [-0.3, -0.25) is 0 Å². The molecule has 0 aliphatic heterocycles. The molecule has 0 unspecified atom stereocenters. The minimum Gasteiger partial charge on any atom is -0.239 e. The molecule has 0 atom stereocenters. The molecule has 1 radical (unpaired) electrons. The Kier molecular flexibility index (Phi) is 3.14. The van der Waals surface area contributed by atoms with E-state index in [1.807, 2.05) is 0 Å². The summed E-state index contributed by atoms with van der Waals surface area (Å²) in [6.45, 7) is 7.19. The smallest absolute Gasteiger partial charge is 0.0189 e. The molecule has 0 heterocycles. The molecular weight excluding hydrogens is 74.1 g/mol.